The number of nitrogens with two attached hydrogens (primary N) is 1. The van der Waals surface area contributed by atoms with Gasteiger partial charge in [0.25, 0.3) is 0 Å². The molecule has 1 atom stereocenters. The van der Waals surface area contributed by atoms with E-state index in [1.807, 2.05) is 12.1 Å². The molecule has 1 rings (SSSR count). The van der Waals surface area contributed by atoms with Gasteiger partial charge < -0.3 is 15.6 Å². The van der Waals surface area contributed by atoms with Gasteiger partial charge >= 0.3 is 0 Å². The Morgan fingerprint density at radius 1 is 1.50 bits per heavy atom. The van der Waals surface area contributed by atoms with Gasteiger partial charge in [-0.3, -0.25) is 0 Å². The largest absolute Gasteiger partial charge is 0.504 e. The normalized spacial score (nSPS) is 12.5. The zero-order valence-electron chi connectivity index (χ0n) is 8.66. The highest BCUT2D eigenvalue weighted by Gasteiger charge is 2.05. The van der Waals surface area contributed by atoms with Crippen molar-refractivity contribution in [3.63, 3.8) is 0 Å². The van der Waals surface area contributed by atoms with Gasteiger partial charge in [0.1, 0.15) is 0 Å². The van der Waals surface area contributed by atoms with E-state index in [-0.39, 0.29) is 11.8 Å². The third-order valence-electron chi connectivity index (χ3n) is 2.27. The van der Waals surface area contributed by atoms with E-state index in [1.165, 1.54) is 0 Å². The Morgan fingerprint density at radius 3 is 2.79 bits per heavy atom. The van der Waals surface area contributed by atoms with Crippen molar-refractivity contribution in [2.45, 2.75) is 25.8 Å². The van der Waals surface area contributed by atoms with Gasteiger partial charge in [0.15, 0.2) is 11.5 Å². The summed E-state index contributed by atoms with van der Waals surface area (Å²) in [5.74, 6) is 0.673. The average Bonchev–Trinajstić information content (AvgIpc) is 2.20. The van der Waals surface area contributed by atoms with E-state index >= 15 is 0 Å². The first-order chi connectivity index (χ1) is 6.67. The van der Waals surface area contributed by atoms with Crippen LogP contribution in [0.15, 0.2) is 18.2 Å². The molecule has 78 valence electrons. The number of aromatic hydroxyl groups is 1. The van der Waals surface area contributed by atoms with Crippen LogP contribution in [0.2, 0.25) is 0 Å². The van der Waals surface area contributed by atoms with Gasteiger partial charge in [0, 0.05) is 6.04 Å². The second-order valence-corrected chi connectivity index (χ2v) is 3.38. The van der Waals surface area contributed by atoms with Gasteiger partial charge in [-0.15, -0.1) is 0 Å². The molecule has 0 aliphatic carbocycles. The molecule has 0 fully saturated rings. The van der Waals surface area contributed by atoms with Crippen molar-refractivity contribution in [1.29, 1.82) is 0 Å². The number of phenolic OH excluding ortho intramolecular Hbond substituents is 1. The highest BCUT2D eigenvalue weighted by molar-refractivity contribution is 5.41. The van der Waals surface area contributed by atoms with Crippen LogP contribution in [0.1, 0.15) is 18.9 Å². The fourth-order valence-corrected chi connectivity index (χ4v) is 1.30. The quantitative estimate of drug-likeness (QED) is 0.768. The summed E-state index contributed by atoms with van der Waals surface area (Å²) in [6.07, 6.45) is 1.76. The Morgan fingerprint density at radius 2 is 2.21 bits per heavy atom. The van der Waals surface area contributed by atoms with Crippen LogP contribution < -0.4 is 10.5 Å². The molecule has 1 aromatic carbocycles. The molecule has 0 radical (unpaired) electrons. The van der Waals surface area contributed by atoms with Crippen LogP contribution >= 0.6 is 0 Å². The molecule has 0 bridgehead atoms. The van der Waals surface area contributed by atoms with Crippen molar-refractivity contribution in [3.05, 3.63) is 23.8 Å². The van der Waals surface area contributed by atoms with Crippen LogP contribution in [-0.2, 0) is 6.42 Å². The van der Waals surface area contributed by atoms with Crippen LogP contribution in [-0.4, -0.2) is 18.3 Å². The maximum atomic E-state index is 9.37. The Balaban J connectivity index is 2.79. The van der Waals surface area contributed by atoms with Crippen molar-refractivity contribution in [1.82, 2.24) is 0 Å². The third kappa shape index (κ3) is 2.64. The summed E-state index contributed by atoms with van der Waals surface area (Å²) in [5.41, 5.74) is 6.92. The van der Waals surface area contributed by atoms with E-state index in [4.69, 9.17) is 10.5 Å². The molecule has 0 aliphatic heterocycles. The Kier molecular flexibility index (Phi) is 3.77. The highest BCUT2D eigenvalue weighted by atomic mass is 16.5. The Hall–Kier alpha value is -1.22. The molecule has 0 aliphatic rings. The summed E-state index contributed by atoms with van der Waals surface area (Å²) >= 11 is 0. The SMILES string of the molecule is CCC(N)Cc1ccc(O)c(OC)c1. The van der Waals surface area contributed by atoms with Gasteiger partial charge in [-0.05, 0) is 30.5 Å². The minimum atomic E-state index is 0.168. The highest BCUT2D eigenvalue weighted by Crippen LogP contribution is 2.26. The number of methoxy groups -OCH3 is 1. The fourth-order valence-electron chi connectivity index (χ4n) is 1.30. The number of hydrogen-bond donors (Lipinski definition) is 2. The molecule has 0 spiro atoms. The van der Waals surface area contributed by atoms with Crippen molar-refractivity contribution in [3.8, 4) is 11.5 Å². The van der Waals surface area contributed by atoms with Gasteiger partial charge in [0.05, 0.1) is 7.11 Å². The van der Waals surface area contributed by atoms with Gasteiger partial charge in [-0.1, -0.05) is 13.0 Å². The van der Waals surface area contributed by atoms with E-state index in [1.54, 1.807) is 13.2 Å². The number of rotatable bonds is 4. The molecule has 3 N–H and O–H groups in total. The van der Waals surface area contributed by atoms with Crippen LogP contribution in [0, 0.1) is 0 Å². The molecule has 0 heterocycles. The van der Waals surface area contributed by atoms with E-state index < -0.39 is 0 Å². The second-order valence-electron chi connectivity index (χ2n) is 3.38. The smallest absolute Gasteiger partial charge is 0.160 e. The van der Waals surface area contributed by atoms with Crippen molar-refractivity contribution < 1.29 is 9.84 Å². The zero-order chi connectivity index (χ0) is 10.6. The maximum Gasteiger partial charge on any atom is 0.160 e. The number of phenols is 1. The predicted octanol–water partition coefficient (Wildman–Crippen LogP) is 1.68. The molecule has 0 amide bonds. The third-order valence-corrected chi connectivity index (χ3v) is 2.27. The lowest BCUT2D eigenvalue weighted by Crippen LogP contribution is -2.21. The lowest BCUT2D eigenvalue weighted by Gasteiger charge is -2.10. The topological polar surface area (TPSA) is 55.5 Å². The molecule has 1 unspecified atom stereocenters. The summed E-state index contributed by atoms with van der Waals surface area (Å²) in [6, 6.07) is 5.50. The molecule has 14 heavy (non-hydrogen) atoms. The van der Waals surface area contributed by atoms with Crippen LogP contribution in [0.3, 0.4) is 0 Å². The lowest BCUT2D eigenvalue weighted by atomic mass is 10.0. The minimum absolute atomic E-state index is 0.168. The monoisotopic (exact) mass is 195 g/mol. The summed E-state index contributed by atoms with van der Waals surface area (Å²) in [5, 5.41) is 9.37. The molecule has 3 heteroatoms. The standard InChI is InChI=1S/C11H17NO2/c1-3-9(12)6-8-4-5-10(13)11(7-8)14-2/h4-5,7,9,13H,3,6,12H2,1-2H3. The van der Waals surface area contributed by atoms with Gasteiger partial charge in [-0.25, -0.2) is 0 Å². The van der Waals surface area contributed by atoms with E-state index in [0.29, 0.717) is 5.75 Å². The van der Waals surface area contributed by atoms with Crippen molar-refractivity contribution in [2.75, 3.05) is 7.11 Å². The van der Waals surface area contributed by atoms with Crippen LogP contribution in [0.5, 0.6) is 11.5 Å². The lowest BCUT2D eigenvalue weighted by molar-refractivity contribution is 0.373. The Bertz CT molecular complexity index is 299. The van der Waals surface area contributed by atoms with E-state index in [2.05, 4.69) is 6.92 Å². The van der Waals surface area contributed by atoms with E-state index in [0.717, 1.165) is 18.4 Å². The maximum absolute atomic E-state index is 9.37. The Labute approximate surface area is 84.5 Å². The summed E-state index contributed by atoms with van der Waals surface area (Å²) in [7, 11) is 1.54. The van der Waals surface area contributed by atoms with Gasteiger partial charge in [-0.2, -0.15) is 0 Å². The summed E-state index contributed by atoms with van der Waals surface area (Å²) in [4.78, 5) is 0. The first-order valence-corrected chi connectivity index (χ1v) is 4.78. The summed E-state index contributed by atoms with van der Waals surface area (Å²) < 4.78 is 5.01. The average molecular weight is 195 g/mol. The molecular weight excluding hydrogens is 178 g/mol. The van der Waals surface area contributed by atoms with Crippen molar-refractivity contribution in [2.24, 2.45) is 5.73 Å². The first-order valence-electron chi connectivity index (χ1n) is 4.78. The minimum Gasteiger partial charge on any atom is -0.504 e. The fraction of sp³-hybridized carbons (Fsp3) is 0.455. The summed E-state index contributed by atoms with van der Waals surface area (Å²) in [6.45, 7) is 2.06. The first kappa shape index (κ1) is 10.9. The molecule has 0 saturated heterocycles. The molecule has 1 aromatic rings. The number of hydrogen-bond acceptors (Lipinski definition) is 3. The number of ether oxygens (including phenoxy) is 1. The van der Waals surface area contributed by atoms with Crippen LogP contribution in [0.25, 0.3) is 0 Å². The van der Waals surface area contributed by atoms with Crippen molar-refractivity contribution >= 4 is 0 Å². The van der Waals surface area contributed by atoms with Gasteiger partial charge in [0.2, 0.25) is 0 Å². The number of benzene rings is 1. The molecule has 0 saturated carbocycles. The molecule has 3 nitrogen and oxygen atoms in total. The van der Waals surface area contributed by atoms with E-state index in [9.17, 15) is 5.11 Å². The molecule has 0 aromatic heterocycles. The zero-order valence-corrected chi connectivity index (χ0v) is 8.66. The second kappa shape index (κ2) is 4.86. The van der Waals surface area contributed by atoms with Crippen LogP contribution in [0.4, 0.5) is 0 Å². The predicted molar refractivity (Wildman–Crippen MR) is 56.6 cm³/mol. The molecular formula is C11H17NO2.